The number of rotatable bonds is 5. The fourth-order valence-corrected chi connectivity index (χ4v) is 2.68. The van der Waals surface area contributed by atoms with Gasteiger partial charge in [0.1, 0.15) is 23.6 Å². The summed E-state index contributed by atoms with van der Waals surface area (Å²) in [6.07, 6.45) is 3.21. The van der Waals surface area contributed by atoms with Crippen LogP contribution in [0.5, 0.6) is 5.75 Å². The fraction of sp³-hybridized carbons (Fsp3) is 0.100. The number of hydrogen-bond donors (Lipinski definition) is 1. The Morgan fingerprint density at radius 2 is 1.81 bits per heavy atom. The van der Waals surface area contributed by atoms with Gasteiger partial charge >= 0.3 is 0 Å². The third kappa shape index (κ3) is 3.30. The number of carbonyl (C=O) groups excluding carboxylic acids is 1. The zero-order valence-corrected chi connectivity index (χ0v) is 13.9. The molecule has 6 heteroatoms. The largest absolute Gasteiger partial charge is 0.489 e. The predicted molar refractivity (Wildman–Crippen MR) is 99.1 cm³/mol. The van der Waals surface area contributed by atoms with Crippen molar-refractivity contribution in [2.45, 2.75) is 0 Å². The Labute approximate surface area is 149 Å². The maximum absolute atomic E-state index is 12.2. The molecule has 0 fully saturated rings. The van der Waals surface area contributed by atoms with Crippen LogP contribution >= 0.6 is 0 Å². The summed E-state index contributed by atoms with van der Waals surface area (Å²) in [4.78, 5) is 25.1. The number of para-hydroxylation sites is 3. The summed E-state index contributed by atoms with van der Waals surface area (Å²) in [5.74, 6) is 0.422. The highest BCUT2D eigenvalue weighted by molar-refractivity contribution is 5.93. The van der Waals surface area contributed by atoms with Gasteiger partial charge in [0.2, 0.25) is 0 Å². The lowest BCUT2D eigenvalue weighted by atomic mass is 10.2. The zero-order valence-electron chi connectivity index (χ0n) is 13.9. The summed E-state index contributed by atoms with van der Waals surface area (Å²) >= 11 is 0. The average Bonchev–Trinajstić information content (AvgIpc) is 2.70. The monoisotopic (exact) mass is 344 g/mol. The maximum atomic E-state index is 12.2. The van der Waals surface area contributed by atoms with Crippen molar-refractivity contribution in [2.24, 2.45) is 0 Å². The van der Waals surface area contributed by atoms with Gasteiger partial charge in [0.15, 0.2) is 0 Å². The van der Waals surface area contributed by atoms with Crippen LogP contribution in [0.15, 0.2) is 67.0 Å². The van der Waals surface area contributed by atoms with E-state index in [0.29, 0.717) is 24.4 Å². The van der Waals surface area contributed by atoms with Crippen LogP contribution < -0.4 is 10.1 Å². The first-order valence-corrected chi connectivity index (χ1v) is 8.28. The third-order valence-electron chi connectivity index (χ3n) is 3.92. The molecule has 4 aromatic rings. The Hall–Kier alpha value is -3.54. The van der Waals surface area contributed by atoms with Crippen molar-refractivity contribution in [3.8, 4) is 5.75 Å². The van der Waals surface area contributed by atoms with Gasteiger partial charge < -0.3 is 10.1 Å². The van der Waals surface area contributed by atoms with Gasteiger partial charge in [0.05, 0.1) is 23.8 Å². The number of benzene rings is 2. The standard InChI is InChI=1S/C20H16N4O2/c25-20(17-13-23-15-7-1-2-8-16(15)24-17)22-11-12-26-18-9-3-5-14-6-4-10-21-19(14)18/h1-10,13H,11-12H2,(H,22,25). The fourth-order valence-electron chi connectivity index (χ4n) is 2.68. The summed E-state index contributed by atoms with van der Waals surface area (Å²) in [6, 6.07) is 17.1. The van der Waals surface area contributed by atoms with Crippen LogP contribution in [-0.2, 0) is 0 Å². The van der Waals surface area contributed by atoms with Crippen molar-refractivity contribution in [1.29, 1.82) is 0 Å². The molecule has 4 rings (SSSR count). The average molecular weight is 344 g/mol. The van der Waals surface area contributed by atoms with Crippen LogP contribution in [0.1, 0.15) is 10.5 Å². The van der Waals surface area contributed by atoms with E-state index in [9.17, 15) is 4.79 Å². The number of carbonyl (C=O) groups is 1. The quantitative estimate of drug-likeness (QED) is 0.563. The second-order valence-electron chi connectivity index (χ2n) is 5.68. The minimum Gasteiger partial charge on any atom is -0.489 e. The summed E-state index contributed by atoms with van der Waals surface area (Å²) in [5, 5.41) is 3.81. The topological polar surface area (TPSA) is 77.0 Å². The van der Waals surface area contributed by atoms with E-state index in [0.717, 1.165) is 16.4 Å². The molecular weight excluding hydrogens is 328 g/mol. The number of ether oxygens (including phenoxy) is 1. The van der Waals surface area contributed by atoms with E-state index in [-0.39, 0.29) is 11.6 Å². The lowest BCUT2D eigenvalue weighted by Gasteiger charge is -2.09. The van der Waals surface area contributed by atoms with E-state index in [1.807, 2.05) is 54.6 Å². The number of nitrogens with one attached hydrogen (secondary N) is 1. The van der Waals surface area contributed by atoms with E-state index < -0.39 is 0 Å². The summed E-state index contributed by atoms with van der Waals surface area (Å²) in [7, 11) is 0. The number of fused-ring (bicyclic) bond motifs is 2. The molecule has 26 heavy (non-hydrogen) atoms. The zero-order chi connectivity index (χ0) is 17.8. The molecule has 2 heterocycles. The molecule has 0 bridgehead atoms. The second kappa shape index (κ2) is 7.14. The van der Waals surface area contributed by atoms with Gasteiger partial charge in [-0.3, -0.25) is 14.8 Å². The summed E-state index contributed by atoms with van der Waals surface area (Å²) in [6.45, 7) is 0.693. The van der Waals surface area contributed by atoms with Gasteiger partial charge in [-0.2, -0.15) is 0 Å². The van der Waals surface area contributed by atoms with Crippen LogP contribution in [0.25, 0.3) is 21.9 Å². The Bertz CT molecular complexity index is 1080. The Balaban J connectivity index is 1.37. The minimum atomic E-state index is -0.275. The predicted octanol–water partition coefficient (Wildman–Crippen LogP) is 2.99. The van der Waals surface area contributed by atoms with Crippen LogP contribution in [0.2, 0.25) is 0 Å². The highest BCUT2D eigenvalue weighted by Gasteiger charge is 2.09. The SMILES string of the molecule is O=C(NCCOc1cccc2cccnc12)c1cnc2ccccc2n1. The van der Waals surface area contributed by atoms with Gasteiger partial charge in [-0.25, -0.2) is 4.98 Å². The maximum Gasteiger partial charge on any atom is 0.271 e. The van der Waals surface area contributed by atoms with E-state index >= 15 is 0 Å². The van der Waals surface area contributed by atoms with E-state index in [4.69, 9.17) is 4.74 Å². The molecule has 1 N–H and O–H groups in total. The third-order valence-corrected chi connectivity index (χ3v) is 3.92. The van der Waals surface area contributed by atoms with Gasteiger partial charge in [-0.15, -0.1) is 0 Å². The van der Waals surface area contributed by atoms with Crippen LogP contribution in [0, 0.1) is 0 Å². The van der Waals surface area contributed by atoms with Gasteiger partial charge in [-0.1, -0.05) is 30.3 Å². The number of nitrogens with zero attached hydrogens (tertiary/aromatic N) is 3. The molecule has 2 aromatic heterocycles. The van der Waals surface area contributed by atoms with Gasteiger partial charge in [0, 0.05) is 11.6 Å². The summed E-state index contributed by atoms with van der Waals surface area (Å²) < 4.78 is 5.76. The molecule has 0 aliphatic heterocycles. The van der Waals surface area contributed by atoms with Crippen molar-refractivity contribution in [1.82, 2.24) is 20.3 Å². The van der Waals surface area contributed by atoms with Crippen molar-refractivity contribution in [2.75, 3.05) is 13.2 Å². The highest BCUT2D eigenvalue weighted by atomic mass is 16.5. The number of hydrogen-bond acceptors (Lipinski definition) is 5. The Morgan fingerprint density at radius 1 is 0.962 bits per heavy atom. The molecule has 0 radical (unpaired) electrons. The Kier molecular flexibility index (Phi) is 4.38. The highest BCUT2D eigenvalue weighted by Crippen LogP contribution is 2.22. The molecule has 6 nitrogen and oxygen atoms in total. The molecule has 1 amide bonds. The van der Waals surface area contributed by atoms with E-state index in [1.54, 1.807) is 6.20 Å². The van der Waals surface area contributed by atoms with Gasteiger partial charge in [0.25, 0.3) is 5.91 Å². The Morgan fingerprint density at radius 3 is 2.73 bits per heavy atom. The van der Waals surface area contributed by atoms with E-state index in [2.05, 4.69) is 20.3 Å². The molecule has 0 spiro atoms. The van der Waals surface area contributed by atoms with Crippen LogP contribution in [0.4, 0.5) is 0 Å². The molecule has 0 atom stereocenters. The lowest BCUT2D eigenvalue weighted by molar-refractivity contribution is 0.0942. The van der Waals surface area contributed by atoms with Gasteiger partial charge in [-0.05, 0) is 24.3 Å². The van der Waals surface area contributed by atoms with Crippen molar-refractivity contribution < 1.29 is 9.53 Å². The first kappa shape index (κ1) is 16.0. The lowest BCUT2D eigenvalue weighted by Crippen LogP contribution is -2.29. The van der Waals surface area contributed by atoms with Crippen molar-refractivity contribution in [3.05, 3.63) is 72.7 Å². The van der Waals surface area contributed by atoms with Crippen LogP contribution in [-0.4, -0.2) is 34.0 Å². The minimum absolute atomic E-state index is 0.275. The number of pyridine rings is 1. The van der Waals surface area contributed by atoms with Crippen molar-refractivity contribution >= 4 is 27.8 Å². The normalized spacial score (nSPS) is 10.8. The molecule has 0 saturated carbocycles. The van der Waals surface area contributed by atoms with E-state index in [1.165, 1.54) is 6.20 Å². The molecule has 0 saturated heterocycles. The molecule has 0 aliphatic rings. The molecular formula is C20H16N4O2. The molecule has 128 valence electrons. The second-order valence-corrected chi connectivity index (χ2v) is 5.68. The summed E-state index contributed by atoms with van der Waals surface area (Å²) in [5.41, 5.74) is 2.55. The van der Waals surface area contributed by atoms with Crippen LogP contribution in [0.3, 0.4) is 0 Å². The smallest absolute Gasteiger partial charge is 0.271 e. The molecule has 0 unspecified atom stereocenters. The van der Waals surface area contributed by atoms with Crippen molar-refractivity contribution in [3.63, 3.8) is 0 Å². The molecule has 0 aliphatic carbocycles. The first-order valence-electron chi connectivity index (χ1n) is 8.28. The number of amides is 1. The molecule has 2 aromatic carbocycles. The first-order chi connectivity index (χ1) is 12.8. The number of aromatic nitrogens is 3.